The average Bonchev–Trinajstić information content (AvgIpc) is 1.96. The number of rotatable bonds is 5. The van der Waals surface area contributed by atoms with E-state index in [9.17, 15) is 14.4 Å². The normalized spacial score (nSPS) is 10.9. The van der Waals surface area contributed by atoms with Crippen molar-refractivity contribution in [3.05, 3.63) is 0 Å². The monoisotopic (exact) mass is 386 g/mol. The zero-order valence-electron chi connectivity index (χ0n) is 7.41. The minimum atomic E-state index is -1.23. The number of hydrogen-bond donors (Lipinski definition) is 3. The number of carbonyl (C=O) groups is 3. The zero-order valence-corrected chi connectivity index (χ0v) is 9.58. The molecule has 0 unspecified atom stereocenters. The quantitative estimate of drug-likeness (QED) is 0.550. The van der Waals surface area contributed by atoms with E-state index in [1.54, 1.807) is 0 Å². The van der Waals surface area contributed by atoms with Crippen LogP contribution in [0.1, 0.15) is 19.8 Å². The van der Waals surface area contributed by atoms with Crippen molar-refractivity contribution in [3.8, 4) is 0 Å². The summed E-state index contributed by atoms with van der Waals surface area (Å²) in [5, 5.41) is 18.9. The van der Waals surface area contributed by atoms with Gasteiger partial charge in [0.2, 0.25) is 5.91 Å². The molecule has 0 aliphatic rings. The van der Waals surface area contributed by atoms with Gasteiger partial charge in [-0.05, 0) is 6.42 Å². The third-order valence-corrected chi connectivity index (χ3v) is 1.32. The Kier molecular flexibility index (Phi) is 8.41. The summed E-state index contributed by atoms with van der Waals surface area (Å²) in [6.45, 7) is 1.18. The van der Waals surface area contributed by atoms with E-state index in [-0.39, 0.29) is 35.2 Å². The van der Waals surface area contributed by atoms with Crippen molar-refractivity contribution in [1.29, 1.82) is 0 Å². The topological polar surface area (TPSA) is 104 Å². The van der Waals surface area contributed by atoms with E-state index in [4.69, 9.17) is 10.2 Å². The summed E-state index contributed by atoms with van der Waals surface area (Å²) in [5.41, 5.74) is 0. The van der Waals surface area contributed by atoms with E-state index in [0.717, 1.165) is 0 Å². The molecule has 6 nitrogen and oxygen atoms in total. The van der Waals surface area contributed by atoms with Gasteiger partial charge in [-0.25, -0.2) is 4.79 Å². The van der Waals surface area contributed by atoms with Crippen LogP contribution in [0, 0.1) is 0 Å². The molecule has 0 aromatic carbocycles. The molecular formula is C7H11AuNO5. The molecule has 0 aromatic heterocycles. The van der Waals surface area contributed by atoms with Crippen molar-refractivity contribution in [2.24, 2.45) is 0 Å². The van der Waals surface area contributed by atoms with Crippen molar-refractivity contribution in [3.63, 3.8) is 0 Å². The summed E-state index contributed by atoms with van der Waals surface area (Å²) in [4.78, 5) is 31.0. The molecule has 14 heavy (non-hydrogen) atoms. The maximum Gasteiger partial charge on any atom is 0.326 e. The SMILES string of the molecule is CC(=O)N[C@@H](CCC(=O)O)C(=O)O.[Au]. The molecule has 0 saturated heterocycles. The molecule has 1 atom stereocenters. The molecule has 0 aliphatic heterocycles. The molecule has 0 heterocycles. The fourth-order valence-corrected chi connectivity index (χ4v) is 0.771. The van der Waals surface area contributed by atoms with Gasteiger partial charge in [-0.2, -0.15) is 0 Å². The second-order valence-corrected chi connectivity index (χ2v) is 2.52. The maximum atomic E-state index is 10.5. The van der Waals surface area contributed by atoms with Crippen LogP contribution in [0.3, 0.4) is 0 Å². The first kappa shape index (κ1) is 15.6. The van der Waals surface area contributed by atoms with Crippen molar-refractivity contribution < 1.29 is 47.0 Å². The molecule has 85 valence electrons. The molecule has 3 N–H and O–H groups in total. The Bertz CT molecular complexity index is 230. The Morgan fingerprint density at radius 2 is 1.79 bits per heavy atom. The second-order valence-electron chi connectivity index (χ2n) is 2.52. The van der Waals surface area contributed by atoms with Gasteiger partial charge < -0.3 is 15.5 Å². The molecule has 0 rings (SSSR count). The van der Waals surface area contributed by atoms with Crippen molar-refractivity contribution in [1.82, 2.24) is 5.32 Å². The van der Waals surface area contributed by atoms with E-state index < -0.39 is 23.9 Å². The molecule has 0 aliphatic carbocycles. The van der Waals surface area contributed by atoms with E-state index >= 15 is 0 Å². The van der Waals surface area contributed by atoms with Gasteiger partial charge in [0.15, 0.2) is 0 Å². The predicted molar refractivity (Wildman–Crippen MR) is 42.1 cm³/mol. The Hall–Kier alpha value is -0.850. The molecule has 1 radical (unpaired) electrons. The van der Waals surface area contributed by atoms with Gasteiger partial charge in [-0.15, -0.1) is 0 Å². The van der Waals surface area contributed by atoms with Gasteiger partial charge in [0, 0.05) is 35.7 Å². The van der Waals surface area contributed by atoms with E-state index in [1.807, 2.05) is 0 Å². The predicted octanol–water partition coefficient (Wildman–Crippen LogP) is -0.562. The first-order chi connectivity index (χ1) is 5.93. The number of nitrogens with one attached hydrogen (secondary N) is 1. The van der Waals surface area contributed by atoms with Crippen LogP contribution in [-0.4, -0.2) is 34.1 Å². The molecule has 0 fully saturated rings. The van der Waals surface area contributed by atoms with E-state index in [1.165, 1.54) is 6.92 Å². The molecule has 0 spiro atoms. The number of carbonyl (C=O) groups excluding carboxylic acids is 1. The first-order valence-corrected chi connectivity index (χ1v) is 3.65. The molecule has 1 amide bonds. The van der Waals surface area contributed by atoms with Crippen LogP contribution in [-0.2, 0) is 36.8 Å². The summed E-state index contributed by atoms with van der Waals surface area (Å²) in [5.74, 6) is -2.80. The summed E-state index contributed by atoms with van der Waals surface area (Å²) >= 11 is 0. The molecule has 0 aromatic rings. The summed E-state index contributed by atoms with van der Waals surface area (Å²) in [7, 11) is 0. The number of carboxylic acid groups (broad SMARTS) is 2. The largest absolute Gasteiger partial charge is 0.481 e. The van der Waals surface area contributed by atoms with Crippen LogP contribution in [0.15, 0.2) is 0 Å². The maximum absolute atomic E-state index is 10.5. The van der Waals surface area contributed by atoms with Crippen LogP contribution in [0.25, 0.3) is 0 Å². The van der Waals surface area contributed by atoms with Crippen molar-refractivity contribution in [2.45, 2.75) is 25.8 Å². The smallest absolute Gasteiger partial charge is 0.326 e. The van der Waals surface area contributed by atoms with Crippen molar-refractivity contribution in [2.75, 3.05) is 0 Å². The number of carboxylic acids is 2. The van der Waals surface area contributed by atoms with Crippen LogP contribution in [0.2, 0.25) is 0 Å². The van der Waals surface area contributed by atoms with E-state index in [0.29, 0.717) is 0 Å². The summed E-state index contributed by atoms with van der Waals surface area (Å²) in [6, 6.07) is -1.12. The number of amides is 1. The van der Waals surface area contributed by atoms with Gasteiger partial charge in [0.05, 0.1) is 0 Å². The molecule has 7 heteroatoms. The van der Waals surface area contributed by atoms with Gasteiger partial charge >= 0.3 is 11.9 Å². The molecular weight excluding hydrogens is 375 g/mol. The standard InChI is InChI=1S/C7H11NO5.Au/c1-4(9)8-5(7(12)13)2-3-6(10)11;/h5H,2-3H2,1H3,(H,8,9)(H,10,11)(H,12,13);/t5-;/m0./s1. The summed E-state index contributed by atoms with van der Waals surface area (Å²) < 4.78 is 0. The zero-order chi connectivity index (χ0) is 10.4. The van der Waals surface area contributed by atoms with Crippen LogP contribution in [0.5, 0.6) is 0 Å². The van der Waals surface area contributed by atoms with Crippen LogP contribution >= 0.6 is 0 Å². The molecule has 0 saturated carbocycles. The van der Waals surface area contributed by atoms with Crippen LogP contribution < -0.4 is 5.32 Å². The van der Waals surface area contributed by atoms with Crippen molar-refractivity contribution >= 4 is 17.8 Å². The third-order valence-electron chi connectivity index (χ3n) is 1.32. The Labute approximate surface area is 96.2 Å². The van der Waals surface area contributed by atoms with Gasteiger partial charge in [-0.3, -0.25) is 9.59 Å². The van der Waals surface area contributed by atoms with Gasteiger partial charge in [0.25, 0.3) is 0 Å². The molecule has 0 bridgehead atoms. The number of hydrogen-bond acceptors (Lipinski definition) is 3. The Balaban J connectivity index is 0. The average molecular weight is 386 g/mol. The second kappa shape index (κ2) is 7.54. The van der Waals surface area contributed by atoms with Crippen LogP contribution in [0.4, 0.5) is 0 Å². The minimum Gasteiger partial charge on any atom is -0.481 e. The fourth-order valence-electron chi connectivity index (χ4n) is 0.771. The number of aliphatic carboxylic acids is 2. The minimum absolute atomic E-state index is 0. The van der Waals surface area contributed by atoms with E-state index in [2.05, 4.69) is 5.32 Å². The Morgan fingerprint density at radius 1 is 1.29 bits per heavy atom. The van der Waals surface area contributed by atoms with Gasteiger partial charge in [0.1, 0.15) is 6.04 Å². The van der Waals surface area contributed by atoms with Gasteiger partial charge in [-0.1, -0.05) is 0 Å². The first-order valence-electron chi connectivity index (χ1n) is 3.65. The third kappa shape index (κ3) is 7.78. The summed E-state index contributed by atoms with van der Waals surface area (Å²) in [6.07, 6.45) is -0.387. The Morgan fingerprint density at radius 3 is 2.07 bits per heavy atom. The fraction of sp³-hybridized carbons (Fsp3) is 0.571.